The number of H-pyrrole nitrogens is 1. The van der Waals surface area contributed by atoms with E-state index < -0.39 is 0 Å². The van der Waals surface area contributed by atoms with Crippen molar-refractivity contribution in [3.05, 3.63) is 75.7 Å². The summed E-state index contributed by atoms with van der Waals surface area (Å²) in [6.07, 6.45) is 3.43. The number of aromatic amines is 1. The first-order valence-electron chi connectivity index (χ1n) is 9.03. The van der Waals surface area contributed by atoms with Crippen molar-refractivity contribution in [3.63, 3.8) is 0 Å². The molecule has 3 aromatic rings. The van der Waals surface area contributed by atoms with Gasteiger partial charge in [-0.3, -0.25) is 9.59 Å². The van der Waals surface area contributed by atoms with Crippen LogP contribution in [0.4, 0.5) is 0 Å². The largest absolute Gasteiger partial charge is 0.350 e. The lowest BCUT2D eigenvalue weighted by molar-refractivity contribution is 0.0946. The van der Waals surface area contributed by atoms with Crippen LogP contribution in [0.25, 0.3) is 10.8 Å². The zero-order valence-corrected chi connectivity index (χ0v) is 14.3. The third-order valence-corrected chi connectivity index (χ3v) is 6.05. The fourth-order valence-corrected chi connectivity index (χ4v) is 4.59. The van der Waals surface area contributed by atoms with Gasteiger partial charge in [-0.25, -0.2) is 5.10 Å². The van der Waals surface area contributed by atoms with Crippen LogP contribution in [-0.4, -0.2) is 22.6 Å². The van der Waals surface area contributed by atoms with Crippen molar-refractivity contribution in [2.75, 3.05) is 6.54 Å². The zero-order chi connectivity index (χ0) is 17.7. The molecule has 2 aliphatic rings. The molecule has 130 valence electrons. The molecule has 5 nitrogen and oxygen atoms in total. The van der Waals surface area contributed by atoms with Gasteiger partial charge < -0.3 is 5.32 Å². The molecule has 2 N–H and O–H groups in total. The van der Waals surface area contributed by atoms with Crippen LogP contribution in [0, 0.1) is 5.92 Å². The molecule has 2 atom stereocenters. The number of benzene rings is 2. The maximum atomic E-state index is 12.7. The second-order valence-electron chi connectivity index (χ2n) is 7.37. The number of carbonyl (C=O) groups is 1. The van der Waals surface area contributed by atoms with E-state index in [-0.39, 0.29) is 22.6 Å². The van der Waals surface area contributed by atoms with Gasteiger partial charge in [0.25, 0.3) is 11.5 Å². The first kappa shape index (κ1) is 15.3. The average Bonchev–Trinajstić information content (AvgIpc) is 3.26. The number of aryl methyl sites for hydroxylation is 1. The Morgan fingerprint density at radius 2 is 1.92 bits per heavy atom. The standard InChI is InChI=1S/C21H19N3O2/c25-19-16-7-3-2-6-15(16)18(23-24-19)20(26)22-12-14-11-21(14)10-9-13-5-1-4-8-17(13)21/h1-8,14H,9-12H2,(H,22,26)(H,24,25)/t14-,21-/m1/s1. The molecule has 1 heterocycles. The van der Waals surface area contributed by atoms with Gasteiger partial charge in [0.15, 0.2) is 5.69 Å². The summed E-state index contributed by atoms with van der Waals surface area (Å²) in [5.41, 5.74) is 3.17. The Morgan fingerprint density at radius 1 is 1.15 bits per heavy atom. The summed E-state index contributed by atoms with van der Waals surface area (Å²) >= 11 is 0. The van der Waals surface area contributed by atoms with Gasteiger partial charge in [-0.1, -0.05) is 42.5 Å². The number of carbonyl (C=O) groups excluding carboxylic acids is 1. The molecule has 2 aromatic carbocycles. The highest BCUT2D eigenvalue weighted by Gasteiger charge is 2.57. The van der Waals surface area contributed by atoms with Crippen molar-refractivity contribution in [2.24, 2.45) is 5.92 Å². The Kier molecular flexibility index (Phi) is 3.26. The monoisotopic (exact) mass is 345 g/mol. The Hall–Kier alpha value is -2.95. The lowest BCUT2D eigenvalue weighted by atomic mass is 9.95. The van der Waals surface area contributed by atoms with E-state index in [0.29, 0.717) is 23.2 Å². The fraction of sp³-hybridized carbons (Fsp3) is 0.286. The first-order valence-corrected chi connectivity index (χ1v) is 9.03. The van der Waals surface area contributed by atoms with Crippen molar-refractivity contribution in [2.45, 2.75) is 24.7 Å². The quantitative estimate of drug-likeness (QED) is 0.766. The molecule has 1 spiro atoms. The SMILES string of the molecule is O=C(NC[C@H]1C[C@]12CCc1ccccc12)c1n[nH]c(=O)c2ccccc12. The molecule has 1 saturated carbocycles. The minimum atomic E-state index is -0.277. The molecule has 1 fully saturated rings. The van der Waals surface area contributed by atoms with Crippen LogP contribution in [0.5, 0.6) is 0 Å². The van der Waals surface area contributed by atoms with Gasteiger partial charge in [0.2, 0.25) is 0 Å². The summed E-state index contributed by atoms with van der Waals surface area (Å²) in [6, 6.07) is 15.7. The van der Waals surface area contributed by atoms with Gasteiger partial charge in [0.05, 0.1) is 5.39 Å². The number of fused-ring (bicyclic) bond motifs is 3. The number of amides is 1. The average molecular weight is 345 g/mol. The van der Waals surface area contributed by atoms with Gasteiger partial charge >= 0.3 is 0 Å². The molecular formula is C21H19N3O2. The number of nitrogens with zero attached hydrogens (tertiary/aromatic N) is 1. The maximum Gasteiger partial charge on any atom is 0.272 e. The van der Waals surface area contributed by atoms with Crippen molar-refractivity contribution in [1.29, 1.82) is 0 Å². The molecule has 0 radical (unpaired) electrons. The van der Waals surface area contributed by atoms with Crippen molar-refractivity contribution in [1.82, 2.24) is 15.5 Å². The fourth-order valence-electron chi connectivity index (χ4n) is 4.59. The molecule has 0 saturated heterocycles. The van der Waals surface area contributed by atoms with E-state index in [1.54, 1.807) is 18.2 Å². The second kappa shape index (κ2) is 5.53. The van der Waals surface area contributed by atoms with E-state index in [2.05, 4.69) is 39.8 Å². The van der Waals surface area contributed by atoms with Crippen LogP contribution in [0.1, 0.15) is 34.5 Å². The summed E-state index contributed by atoms with van der Waals surface area (Å²) in [5, 5.41) is 10.5. The number of aromatic nitrogens is 2. The van der Waals surface area contributed by atoms with Crippen LogP contribution < -0.4 is 10.9 Å². The molecule has 1 amide bonds. The van der Waals surface area contributed by atoms with Crippen LogP contribution in [0.15, 0.2) is 53.3 Å². The minimum Gasteiger partial charge on any atom is -0.350 e. The van der Waals surface area contributed by atoms with E-state index in [4.69, 9.17) is 0 Å². The molecule has 0 bridgehead atoms. The highest BCUT2D eigenvalue weighted by molar-refractivity contribution is 6.04. The lowest BCUT2D eigenvalue weighted by Gasteiger charge is -2.12. The van der Waals surface area contributed by atoms with Crippen molar-refractivity contribution >= 4 is 16.7 Å². The molecule has 0 unspecified atom stereocenters. The highest BCUT2D eigenvalue weighted by atomic mass is 16.2. The third kappa shape index (κ3) is 2.20. The summed E-state index contributed by atoms with van der Waals surface area (Å²) in [5.74, 6) is 0.245. The van der Waals surface area contributed by atoms with Crippen LogP contribution in [-0.2, 0) is 11.8 Å². The minimum absolute atomic E-state index is 0.231. The summed E-state index contributed by atoms with van der Waals surface area (Å²) in [6.45, 7) is 0.641. The molecule has 0 aliphatic heterocycles. The summed E-state index contributed by atoms with van der Waals surface area (Å²) < 4.78 is 0. The first-order chi connectivity index (χ1) is 12.7. The number of hydrogen-bond acceptors (Lipinski definition) is 3. The smallest absolute Gasteiger partial charge is 0.272 e. The van der Waals surface area contributed by atoms with E-state index in [9.17, 15) is 9.59 Å². The molecule has 26 heavy (non-hydrogen) atoms. The van der Waals surface area contributed by atoms with Crippen molar-refractivity contribution < 1.29 is 4.79 Å². The highest BCUT2D eigenvalue weighted by Crippen LogP contribution is 2.61. The zero-order valence-electron chi connectivity index (χ0n) is 14.3. The predicted molar refractivity (Wildman–Crippen MR) is 99.2 cm³/mol. The predicted octanol–water partition coefficient (Wildman–Crippen LogP) is 2.56. The van der Waals surface area contributed by atoms with Gasteiger partial charge in [-0.2, -0.15) is 5.10 Å². The van der Waals surface area contributed by atoms with E-state index in [1.165, 1.54) is 17.5 Å². The van der Waals surface area contributed by atoms with E-state index in [0.717, 1.165) is 12.8 Å². The maximum absolute atomic E-state index is 12.7. The van der Waals surface area contributed by atoms with Gasteiger partial charge in [-0.15, -0.1) is 0 Å². The van der Waals surface area contributed by atoms with E-state index in [1.807, 2.05) is 6.07 Å². The molecule has 1 aromatic heterocycles. The van der Waals surface area contributed by atoms with Gasteiger partial charge in [0, 0.05) is 17.3 Å². The number of hydrogen-bond donors (Lipinski definition) is 2. The molecular weight excluding hydrogens is 326 g/mol. The molecule has 5 rings (SSSR count). The Bertz CT molecular complexity index is 1090. The summed E-state index contributed by atoms with van der Waals surface area (Å²) in [7, 11) is 0. The Labute approximate surface area is 150 Å². The van der Waals surface area contributed by atoms with Crippen LogP contribution in [0.2, 0.25) is 0 Å². The Balaban J connectivity index is 1.35. The summed E-state index contributed by atoms with van der Waals surface area (Å²) in [4.78, 5) is 24.5. The second-order valence-corrected chi connectivity index (χ2v) is 7.37. The topological polar surface area (TPSA) is 74.8 Å². The number of rotatable bonds is 3. The van der Waals surface area contributed by atoms with Crippen LogP contribution in [0.3, 0.4) is 0 Å². The van der Waals surface area contributed by atoms with E-state index >= 15 is 0 Å². The van der Waals surface area contributed by atoms with Crippen molar-refractivity contribution in [3.8, 4) is 0 Å². The van der Waals surface area contributed by atoms with Gasteiger partial charge in [0.1, 0.15) is 0 Å². The van der Waals surface area contributed by atoms with Crippen LogP contribution >= 0.6 is 0 Å². The lowest BCUT2D eigenvalue weighted by Crippen LogP contribution is -2.29. The van der Waals surface area contributed by atoms with Gasteiger partial charge in [-0.05, 0) is 42.4 Å². The normalized spacial score (nSPS) is 23.2. The number of nitrogens with one attached hydrogen (secondary N) is 2. The molecule has 5 heteroatoms. The Morgan fingerprint density at radius 3 is 2.81 bits per heavy atom. The molecule has 2 aliphatic carbocycles. The third-order valence-electron chi connectivity index (χ3n) is 6.05.